The van der Waals surface area contributed by atoms with Crippen molar-refractivity contribution in [1.82, 2.24) is 14.3 Å². The molecule has 2 aromatic carbocycles. The average molecular weight is 443 g/mol. The van der Waals surface area contributed by atoms with Crippen LogP contribution in [0, 0.1) is 0 Å². The number of aromatic nitrogens is 2. The van der Waals surface area contributed by atoms with Gasteiger partial charge in [0.15, 0.2) is 11.6 Å². The van der Waals surface area contributed by atoms with E-state index in [2.05, 4.69) is 20.6 Å². The summed E-state index contributed by atoms with van der Waals surface area (Å²) in [7, 11) is -1.93. The van der Waals surface area contributed by atoms with Gasteiger partial charge in [-0.1, -0.05) is 26.0 Å². The highest BCUT2D eigenvalue weighted by Crippen LogP contribution is 2.32. The number of benzene rings is 2. The van der Waals surface area contributed by atoms with Crippen LogP contribution in [0.3, 0.4) is 0 Å². The van der Waals surface area contributed by atoms with Crippen molar-refractivity contribution in [2.75, 3.05) is 36.6 Å². The fourth-order valence-electron chi connectivity index (χ4n) is 3.03. The van der Waals surface area contributed by atoms with Gasteiger partial charge in [-0.25, -0.2) is 18.4 Å². The molecule has 0 aliphatic rings. The Morgan fingerprint density at radius 1 is 0.968 bits per heavy atom. The highest BCUT2D eigenvalue weighted by molar-refractivity contribution is 7.89. The van der Waals surface area contributed by atoms with Crippen molar-refractivity contribution in [2.24, 2.45) is 0 Å². The molecule has 9 nitrogen and oxygen atoms in total. The molecule has 0 spiro atoms. The molecule has 31 heavy (non-hydrogen) atoms. The van der Waals surface area contributed by atoms with Crippen LogP contribution in [0.15, 0.2) is 59.8 Å². The molecule has 1 aromatic heterocycles. The van der Waals surface area contributed by atoms with Crippen LogP contribution >= 0.6 is 0 Å². The van der Waals surface area contributed by atoms with Gasteiger partial charge in [0.05, 0.1) is 17.7 Å². The Bertz CT molecular complexity index is 1130. The minimum absolute atomic E-state index is 0.232. The molecule has 0 atom stereocenters. The van der Waals surface area contributed by atoms with Crippen LogP contribution < -0.4 is 21.1 Å². The monoisotopic (exact) mass is 442 g/mol. The second kappa shape index (κ2) is 9.63. The second-order valence-electron chi connectivity index (χ2n) is 6.55. The number of nitrogens with two attached hydrogens (primary N) is 1. The lowest BCUT2D eigenvalue weighted by Crippen LogP contribution is -2.30. The van der Waals surface area contributed by atoms with Gasteiger partial charge in [-0.05, 0) is 36.4 Å². The largest absolute Gasteiger partial charge is 0.495 e. The number of nitrogens with one attached hydrogen (secondary N) is 2. The minimum atomic E-state index is -3.51. The zero-order valence-corrected chi connectivity index (χ0v) is 18.5. The fourth-order valence-corrected chi connectivity index (χ4v) is 4.49. The summed E-state index contributed by atoms with van der Waals surface area (Å²) in [5.41, 5.74) is 7.93. The molecule has 0 saturated heterocycles. The van der Waals surface area contributed by atoms with Gasteiger partial charge in [0.2, 0.25) is 10.0 Å². The Labute approximate surface area is 182 Å². The van der Waals surface area contributed by atoms with Crippen LogP contribution in [-0.4, -0.2) is 42.9 Å². The van der Waals surface area contributed by atoms with Gasteiger partial charge >= 0.3 is 0 Å². The molecule has 0 bridgehead atoms. The lowest BCUT2D eigenvalue weighted by Gasteiger charge is -2.18. The first-order valence-electron chi connectivity index (χ1n) is 9.78. The van der Waals surface area contributed by atoms with E-state index in [-0.39, 0.29) is 4.90 Å². The quantitative estimate of drug-likeness (QED) is 0.459. The van der Waals surface area contributed by atoms with Crippen molar-refractivity contribution in [1.29, 1.82) is 0 Å². The maximum Gasteiger partial charge on any atom is 0.243 e. The smallest absolute Gasteiger partial charge is 0.243 e. The summed E-state index contributed by atoms with van der Waals surface area (Å²) >= 11 is 0. The highest BCUT2D eigenvalue weighted by atomic mass is 32.2. The fraction of sp³-hybridized carbons (Fsp3) is 0.238. The molecule has 0 fully saturated rings. The molecule has 4 N–H and O–H groups in total. The molecular weight excluding hydrogens is 416 g/mol. The van der Waals surface area contributed by atoms with Gasteiger partial charge in [0.1, 0.15) is 17.8 Å². The SMILES string of the molecule is CCN(CC)S(=O)(=O)c1ccc(Nc2ncnc(Nc3ccccc3OC)c2N)cc1. The molecule has 0 saturated carbocycles. The van der Waals surface area contributed by atoms with Crippen molar-refractivity contribution in [2.45, 2.75) is 18.7 Å². The number of methoxy groups -OCH3 is 1. The van der Waals surface area contributed by atoms with E-state index >= 15 is 0 Å². The number of hydrogen-bond donors (Lipinski definition) is 3. The molecule has 0 aliphatic carbocycles. The molecular formula is C21H26N6O3S. The van der Waals surface area contributed by atoms with Gasteiger partial charge in [-0.15, -0.1) is 0 Å². The summed E-state index contributed by atoms with van der Waals surface area (Å²) in [5, 5.41) is 6.25. The van der Waals surface area contributed by atoms with Crippen LogP contribution in [0.4, 0.5) is 28.7 Å². The molecule has 1 heterocycles. The maximum atomic E-state index is 12.6. The zero-order valence-electron chi connectivity index (χ0n) is 17.7. The standard InChI is InChI=1S/C21H26N6O3S/c1-4-27(5-2)31(28,29)16-12-10-15(11-13-16)25-20-19(22)21(24-14-23-20)26-17-8-6-7-9-18(17)30-3/h6-14H,4-5,22H2,1-3H3,(H2,23,24,25,26). The normalized spacial score (nSPS) is 11.4. The third kappa shape index (κ3) is 4.86. The van der Waals surface area contributed by atoms with E-state index in [1.54, 1.807) is 31.4 Å². The number of rotatable bonds is 9. The Balaban J connectivity index is 1.81. The Morgan fingerprint density at radius 3 is 2.19 bits per heavy atom. The molecule has 10 heteroatoms. The van der Waals surface area contributed by atoms with Crippen molar-refractivity contribution in [3.63, 3.8) is 0 Å². The number of sulfonamides is 1. The summed E-state index contributed by atoms with van der Waals surface area (Å²) in [6.45, 7) is 4.45. The number of hydrogen-bond acceptors (Lipinski definition) is 8. The van der Waals surface area contributed by atoms with Gasteiger partial charge in [0, 0.05) is 18.8 Å². The summed E-state index contributed by atoms with van der Waals surface area (Å²) < 4.78 is 32.0. The molecule has 0 unspecified atom stereocenters. The topological polar surface area (TPSA) is 122 Å². The Kier molecular flexibility index (Phi) is 6.93. The minimum Gasteiger partial charge on any atom is -0.495 e. The summed E-state index contributed by atoms with van der Waals surface area (Å²) in [6, 6.07) is 13.9. The van der Waals surface area contributed by atoms with Crippen LogP contribution in [-0.2, 0) is 10.0 Å². The third-order valence-electron chi connectivity index (χ3n) is 4.70. The zero-order chi connectivity index (χ0) is 22.4. The van der Waals surface area contributed by atoms with Gasteiger partial charge in [-0.3, -0.25) is 0 Å². The molecule has 0 radical (unpaired) electrons. The highest BCUT2D eigenvalue weighted by Gasteiger charge is 2.21. The van der Waals surface area contributed by atoms with E-state index in [0.717, 1.165) is 0 Å². The van der Waals surface area contributed by atoms with Gasteiger partial charge < -0.3 is 21.1 Å². The van der Waals surface area contributed by atoms with Crippen LogP contribution in [0.1, 0.15) is 13.8 Å². The second-order valence-corrected chi connectivity index (χ2v) is 8.49. The summed E-state index contributed by atoms with van der Waals surface area (Å²) in [4.78, 5) is 8.64. The molecule has 164 valence electrons. The van der Waals surface area contributed by atoms with Crippen LogP contribution in [0.5, 0.6) is 5.75 Å². The lowest BCUT2D eigenvalue weighted by atomic mass is 10.3. The summed E-state index contributed by atoms with van der Waals surface area (Å²) in [5.74, 6) is 1.47. The first kappa shape index (κ1) is 22.3. The van der Waals surface area contributed by atoms with E-state index < -0.39 is 10.0 Å². The Hall–Kier alpha value is -3.37. The Morgan fingerprint density at radius 2 is 1.58 bits per heavy atom. The predicted octanol–water partition coefficient (Wildman–Crippen LogP) is 3.59. The first-order valence-corrected chi connectivity index (χ1v) is 11.2. The number of anilines is 5. The van der Waals surface area contributed by atoms with E-state index in [1.165, 1.54) is 10.6 Å². The number of nitrogen functional groups attached to an aromatic ring is 1. The van der Waals surface area contributed by atoms with E-state index in [0.29, 0.717) is 47.5 Å². The first-order chi connectivity index (χ1) is 14.9. The molecule has 0 aliphatic heterocycles. The lowest BCUT2D eigenvalue weighted by molar-refractivity contribution is 0.417. The predicted molar refractivity (Wildman–Crippen MR) is 123 cm³/mol. The van der Waals surface area contributed by atoms with Crippen LogP contribution in [0.25, 0.3) is 0 Å². The average Bonchev–Trinajstić information content (AvgIpc) is 2.78. The molecule has 3 aromatic rings. The third-order valence-corrected chi connectivity index (χ3v) is 6.77. The van der Waals surface area contributed by atoms with Gasteiger partial charge in [-0.2, -0.15) is 4.31 Å². The van der Waals surface area contributed by atoms with Gasteiger partial charge in [0.25, 0.3) is 0 Å². The molecule has 3 rings (SSSR count). The number of ether oxygens (including phenoxy) is 1. The van der Waals surface area contributed by atoms with Crippen molar-refractivity contribution < 1.29 is 13.2 Å². The van der Waals surface area contributed by atoms with Crippen molar-refractivity contribution >= 4 is 38.7 Å². The maximum absolute atomic E-state index is 12.6. The van der Waals surface area contributed by atoms with E-state index in [1.807, 2.05) is 38.1 Å². The van der Waals surface area contributed by atoms with Crippen molar-refractivity contribution in [3.8, 4) is 5.75 Å². The van der Waals surface area contributed by atoms with Crippen molar-refractivity contribution in [3.05, 3.63) is 54.9 Å². The number of nitrogens with zero attached hydrogens (tertiary/aromatic N) is 3. The van der Waals surface area contributed by atoms with Crippen LogP contribution in [0.2, 0.25) is 0 Å². The van der Waals surface area contributed by atoms with E-state index in [9.17, 15) is 8.42 Å². The van der Waals surface area contributed by atoms with E-state index in [4.69, 9.17) is 10.5 Å². The number of para-hydroxylation sites is 2. The molecule has 0 amide bonds. The summed E-state index contributed by atoms with van der Waals surface area (Å²) in [6.07, 6.45) is 1.38.